The molecular weight excluding hydrogens is 290 g/mol. The number of methoxy groups -OCH3 is 1. The molecule has 5 nitrogen and oxygen atoms in total. The van der Waals surface area contributed by atoms with Crippen LogP contribution in [-0.4, -0.2) is 27.5 Å². The lowest BCUT2D eigenvalue weighted by atomic mass is 10.1. The Balaban J connectivity index is 2.16. The number of ether oxygens (including phenoxy) is 1. The highest BCUT2D eigenvalue weighted by atomic mass is 32.2. The molecule has 0 atom stereocenters. The molecule has 0 aliphatic heterocycles. The Morgan fingerprint density at radius 2 is 1.86 bits per heavy atom. The van der Waals surface area contributed by atoms with E-state index >= 15 is 0 Å². The average molecular weight is 311 g/mol. The molecule has 0 amide bonds. The van der Waals surface area contributed by atoms with E-state index in [1.807, 2.05) is 0 Å². The smallest absolute Gasteiger partial charge is 0.337 e. The standard InChI is InChI=1S/C15H21NO4S/c1-20-15(17)12-7-6-10-14(11-12)21(18,19)16-13-8-4-2-3-5-9-13/h6-7,10-11,13,16H,2-5,8-9H2,1H3. The number of carbonyl (C=O) groups excluding carboxylic acids is 1. The first-order valence-corrected chi connectivity index (χ1v) is 8.72. The van der Waals surface area contributed by atoms with Crippen LogP contribution < -0.4 is 4.72 Å². The van der Waals surface area contributed by atoms with Crippen LogP contribution in [0.1, 0.15) is 48.9 Å². The SMILES string of the molecule is COC(=O)c1cccc(S(=O)(=O)NC2CCCCCC2)c1. The van der Waals surface area contributed by atoms with Crippen LogP contribution in [0.2, 0.25) is 0 Å². The van der Waals surface area contributed by atoms with Crippen molar-refractivity contribution < 1.29 is 17.9 Å². The Hall–Kier alpha value is -1.40. The minimum atomic E-state index is -3.60. The van der Waals surface area contributed by atoms with Crippen LogP contribution in [0.25, 0.3) is 0 Å². The first kappa shape index (κ1) is 16.0. The molecule has 1 aliphatic rings. The van der Waals surface area contributed by atoms with E-state index in [0.717, 1.165) is 38.5 Å². The number of hydrogen-bond acceptors (Lipinski definition) is 4. The quantitative estimate of drug-likeness (QED) is 0.685. The second-order valence-electron chi connectivity index (χ2n) is 5.33. The molecule has 2 rings (SSSR count). The maximum atomic E-state index is 12.4. The minimum absolute atomic E-state index is 0.0146. The number of esters is 1. The van der Waals surface area contributed by atoms with Crippen molar-refractivity contribution in [1.82, 2.24) is 4.72 Å². The van der Waals surface area contributed by atoms with Gasteiger partial charge in [-0.2, -0.15) is 0 Å². The number of hydrogen-bond donors (Lipinski definition) is 1. The van der Waals surface area contributed by atoms with Crippen molar-refractivity contribution in [2.45, 2.75) is 49.5 Å². The lowest BCUT2D eigenvalue weighted by molar-refractivity contribution is 0.0600. The van der Waals surface area contributed by atoms with E-state index in [4.69, 9.17) is 0 Å². The van der Waals surface area contributed by atoms with E-state index in [-0.39, 0.29) is 16.5 Å². The summed E-state index contributed by atoms with van der Waals surface area (Å²) in [5, 5.41) is 0. The summed E-state index contributed by atoms with van der Waals surface area (Å²) in [6.45, 7) is 0. The van der Waals surface area contributed by atoms with Crippen LogP contribution in [0, 0.1) is 0 Å². The van der Waals surface area contributed by atoms with Crippen LogP contribution in [0.3, 0.4) is 0 Å². The topological polar surface area (TPSA) is 72.5 Å². The molecule has 0 heterocycles. The van der Waals surface area contributed by atoms with Crippen LogP contribution in [0.4, 0.5) is 0 Å². The van der Waals surface area contributed by atoms with Crippen LogP contribution in [-0.2, 0) is 14.8 Å². The number of benzene rings is 1. The summed E-state index contributed by atoms with van der Waals surface area (Å²) < 4.78 is 32.2. The highest BCUT2D eigenvalue weighted by Crippen LogP contribution is 2.20. The first-order valence-electron chi connectivity index (χ1n) is 7.23. The summed E-state index contributed by atoms with van der Waals surface area (Å²) in [7, 11) is -2.33. The average Bonchev–Trinajstić information content (AvgIpc) is 2.74. The molecule has 1 aliphatic carbocycles. The monoisotopic (exact) mass is 311 g/mol. The molecular formula is C15H21NO4S. The molecule has 1 saturated carbocycles. The van der Waals surface area contributed by atoms with Gasteiger partial charge in [0.05, 0.1) is 17.6 Å². The molecule has 1 aromatic rings. The zero-order valence-electron chi connectivity index (χ0n) is 12.2. The summed E-state index contributed by atoms with van der Waals surface area (Å²) >= 11 is 0. The summed E-state index contributed by atoms with van der Waals surface area (Å²) in [4.78, 5) is 11.6. The normalized spacial score (nSPS) is 17.2. The van der Waals surface area contributed by atoms with Gasteiger partial charge in [0.1, 0.15) is 0 Å². The van der Waals surface area contributed by atoms with Crippen LogP contribution in [0.15, 0.2) is 29.2 Å². The van der Waals surface area contributed by atoms with Gasteiger partial charge in [-0.15, -0.1) is 0 Å². The zero-order chi connectivity index (χ0) is 15.3. The Bertz CT molecular complexity index is 589. The Labute approximate surface area is 125 Å². The zero-order valence-corrected chi connectivity index (χ0v) is 13.0. The fourth-order valence-corrected chi connectivity index (χ4v) is 3.94. The summed E-state index contributed by atoms with van der Waals surface area (Å²) in [5.74, 6) is -0.540. The van der Waals surface area contributed by atoms with Gasteiger partial charge in [0.15, 0.2) is 0 Å². The van der Waals surface area contributed by atoms with Crippen molar-refractivity contribution >= 4 is 16.0 Å². The van der Waals surface area contributed by atoms with Crippen molar-refractivity contribution in [2.24, 2.45) is 0 Å². The van der Waals surface area contributed by atoms with E-state index in [9.17, 15) is 13.2 Å². The predicted octanol–water partition coefficient (Wildman–Crippen LogP) is 2.47. The van der Waals surface area contributed by atoms with E-state index in [0.29, 0.717) is 0 Å². The fourth-order valence-electron chi connectivity index (χ4n) is 2.59. The van der Waals surface area contributed by atoms with Crippen molar-refractivity contribution in [2.75, 3.05) is 7.11 Å². The van der Waals surface area contributed by atoms with E-state index < -0.39 is 16.0 Å². The second kappa shape index (κ2) is 7.04. The van der Waals surface area contributed by atoms with Crippen molar-refractivity contribution in [1.29, 1.82) is 0 Å². The molecule has 1 aromatic carbocycles. The second-order valence-corrected chi connectivity index (χ2v) is 7.04. The summed E-state index contributed by atoms with van der Waals surface area (Å²) in [6, 6.07) is 5.92. The lowest BCUT2D eigenvalue weighted by Gasteiger charge is -2.16. The summed E-state index contributed by atoms with van der Waals surface area (Å²) in [6.07, 6.45) is 6.17. The molecule has 6 heteroatoms. The lowest BCUT2D eigenvalue weighted by Crippen LogP contribution is -2.34. The van der Waals surface area contributed by atoms with Gasteiger partial charge in [-0.1, -0.05) is 31.7 Å². The van der Waals surface area contributed by atoms with Crippen molar-refractivity contribution in [3.05, 3.63) is 29.8 Å². The van der Waals surface area contributed by atoms with Gasteiger partial charge >= 0.3 is 5.97 Å². The molecule has 21 heavy (non-hydrogen) atoms. The first-order chi connectivity index (χ1) is 10.0. The largest absolute Gasteiger partial charge is 0.465 e. The van der Waals surface area contributed by atoms with Gasteiger partial charge in [0.2, 0.25) is 10.0 Å². The highest BCUT2D eigenvalue weighted by Gasteiger charge is 2.22. The maximum Gasteiger partial charge on any atom is 0.337 e. The van der Waals surface area contributed by atoms with E-state index in [1.54, 1.807) is 6.07 Å². The fraction of sp³-hybridized carbons (Fsp3) is 0.533. The van der Waals surface area contributed by atoms with Gasteiger partial charge in [0, 0.05) is 6.04 Å². The van der Waals surface area contributed by atoms with Gasteiger partial charge in [0.25, 0.3) is 0 Å². The third-order valence-electron chi connectivity index (χ3n) is 3.74. The molecule has 0 bridgehead atoms. The van der Waals surface area contributed by atoms with Gasteiger partial charge < -0.3 is 4.74 Å². The third-order valence-corrected chi connectivity index (χ3v) is 5.26. The van der Waals surface area contributed by atoms with Crippen molar-refractivity contribution in [3.63, 3.8) is 0 Å². The molecule has 0 unspecified atom stereocenters. The van der Waals surface area contributed by atoms with Crippen LogP contribution >= 0.6 is 0 Å². The number of carbonyl (C=O) groups is 1. The molecule has 1 N–H and O–H groups in total. The molecule has 1 fully saturated rings. The Morgan fingerprint density at radius 3 is 2.48 bits per heavy atom. The highest BCUT2D eigenvalue weighted by molar-refractivity contribution is 7.89. The predicted molar refractivity (Wildman–Crippen MR) is 79.6 cm³/mol. The van der Waals surface area contributed by atoms with Crippen molar-refractivity contribution in [3.8, 4) is 0 Å². The number of nitrogens with one attached hydrogen (secondary N) is 1. The summed E-state index contributed by atoms with van der Waals surface area (Å²) in [5.41, 5.74) is 0.237. The number of sulfonamides is 1. The minimum Gasteiger partial charge on any atom is -0.465 e. The van der Waals surface area contributed by atoms with Gasteiger partial charge in [-0.25, -0.2) is 17.9 Å². The Morgan fingerprint density at radius 1 is 1.19 bits per heavy atom. The molecule has 116 valence electrons. The molecule has 0 spiro atoms. The van der Waals surface area contributed by atoms with Crippen LogP contribution in [0.5, 0.6) is 0 Å². The molecule has 0 saturated heterocycles. The van der Waals surface area contributed by atoms with E-state index in [1.165, 1.54) is 25.3 Å². The number of rotatable bonds is 4. The third kappa shape index (κ3) is 4.28. The van der Waals surface area contributed by atoms with E-state index in [2.05, 4.69) is 9.46 Å². The van der Waals surface area contributed by atoms with Gasteiger partial charge in [-0.05, 0) is 31.0 Å². The maximum absolute atomic E-state index is 12.4. The Kier molecular flexibility index (Phi) is 5.36. The van der Waals surface area contributed by atoms with Gasteiger partial charge in [-0.3, -0.25) is 0 Å². The molecule has 0 radical (unpaired) electrons. The molecule has 0 aromatic heterocycles.